The Morgan fingerprint density at radius 3 is 2.44 bits per heavy atom. The molecule has 0 fully saturated rings. The fraction of sp³-hybridized carbons (Fsp3) is 0.167. The minimum absolute atomic E-state index is 0.00216. The molecule has 0 bridgehead atoms. The molecule has 0 aliphatic carbocycles. The Kier molecular flexibility index (Phi) is 6.71. The molecule has 0 unspecified atom stereocenters. The first kappa shape index (κ1) is 18.7. The molecule has 2 rings (SSSR count). The van der Waals surface area contributed by atoms with E-state index < -0.39 is 11.9 Å². The number of benzene rings is 2. The summed E-state index contributed by atoms with van der Waals surface area (Å²) < 4.78 is 10.6. The van der Waals surface area contributed by atoms with Crippen LogP contribution < -0.4 is 5.32 Å². The highest BCUT2D eigenvalue weighted by Crippen LogP contribution is 2.10. The van der Waals surface area contributed by atoms with E-state index >= 15 is 0 Å². The second-order valence-corrected chi connectivity index (χ2v) is 5.96. The SMILES string of the molecule is COC(=O)c1cccc(COC(=O)CNC(=O)c2ccc(Br)cc2)c1. The van der Waals surface area contributed by atoms with E-state index in [0.29, 0.717) is 16.7 Å². The largest absolute Gasteiger partial charge is 0.465 e. The van der Waals surface area contributed by atoms with Gasteiger partial charge in [0.25, 0.3) is 5.91 Å². The monoisotopic (exact) mass is 405 g/mol. The van der Waals surface area contributed by atoms with Crippen LogP contribution in [0.25, 0.3) is 0 Å². The van der Waals surface area contributed by atoms with Gasteiger partial charge in [0, 0.05) is 10.0 Å². The standard InChI is InChI=1S/C18H16BrNO5/c1-24-18(23)14-4-2-3-12(9-14)11-25-16(21)10-20-17(22)13-5-7-15(19)8-6-13/h2-9H,10-11H2,1H3,(H,20,22). The number of hydrogen-bond donors (Lipinski definition) is 1. The quantitative estimate of drug-likeness (QED) is 0.747. The molecule has 0 aromatic heterocycles. The van der Waals surface area contributed by atoms with Gasteiger partial charge in [-0.2, -0.15) is 0 Å². The first-order valence-corrected chi connectivity index (χ1v) is 8.15. The molecule has 7 heteroatoms. The molecule has 0 aliphatic rings. The van der Waals surface area contributed by atoms with Crippen LogP contribution >= 0.6 is 15.9 Å². The molecule has 0 spiro atoms. The lowest BCUT2D eigenvalue weighted by Crippen LogP contribution is -2.30. The predicted molar refractivity (Wildman–Crippen MR) is 94.1 cm³/mol. The lowest BCUT2D eigenvalue weighted by atomic mass is 10.1. The summed E-state index contributed by atoms with van der Waals surface area (Å²) in [5, 5.41) is 2.49. The summed E-state index contributed by atoms with van der Waals surface area (Å²) in [6.07, 6.45) is 0. The molecule has 2 aromatic rings. The minimum Gasteiger partial charge on any atom is -0.465 e. The van der Waals surface area contributed by atoms with Crippen molar-refractivity contribution in [1.29, 1.82) is 0 Å². The van der Waals surface area contributed by atoms with Gasteiger partial charge in [0.1, 0.15) is 13.2 Å². The Balaban J connectivity index is 1.82. The molecule has 0 heterocycles. The second-order valence-electron chi connectivity index (χ2n) is 5.04. The highest BCUT2D eigenvalue weighted by molar-refractivity contribution is 9.10. The van der Waals surface area contributed by atoms with Crippen molar-refractivity contribution < 1.29 is 23.9 Å². The van der Waals surface area contributed by atoms with Gasteiger partial charge in [0.15, 0.2) is 0 Å². The third-order valence-electron chi connectivity index (χ3n) is 3.25. The number of esters is 2. The van der Waals surface area contributed by atoms with E-state index in [9.17, 15) is 14.4 Å². The Labute approximate surface area is 153 Å². The number of halogens is 1. The maximum absolute atomic E-state index is 11.9. The van der Waals surface area contributed by atoms with Gasteiger partial charge in [-0.15, -0.1) is 0 Å². The molecular formula is C18H16BrNO5. The highest BCUT2D eigenvalue weighted by Gasteiger charge is 2.10. The summed E-state index contributed by atoms with van der Waals surface area (Å²) in [5.74, 6) is -1.40. The number of methoxy groups -OCH3 is 1. The third kappa shape index (κ3) is 5.72. The second kappa shape index (κ2) is 8.98. The zero-order valence-electron chi connectivity index (χ0n) is 13.5. The van der Waals surface area contributed by atoms with Crippen molar-refractivity contribution in [1.82, 2.24) is 5.32 Å². The van der Waals surface area contributed by atoms with Gasteiger partial charge in [-0.05, 0) is 42.0 Å². The topological polar surface area (TPSA) is 81.7 Å². The highest BCUT2D eigenvalue weighted by atomic mass is 79.9. The zero-order chi connectivity index (χ0) is 18.2. The molecule has 2 aromatic carbocycles. The summed E-state index contributed by atoms with van der Waals surface area (Å²) in [5.41, 5.74) is 1.47. The van der Waals surface area contributed by atoms with Crippen LogP contribution in [-0.4, -0.2) is 31.5 Å². The van der Waals surface area contributed by atoms with Crippen LogP contribution in [0.4, 0.5) is 0 Å². The molecule has 0 saturated carbocycles. The molecule has 0 radical (unpaired) electrons. The molecule has 1 N–H and O–H groups in total. The Hall–Kier alpha value is -2.67. The fourth-order valence-corrected chi connectivity index (χ4v) is 2.24. The van der Waals surface area contributed by atoms with Crippen LogP contribution in [0, 0.1) is 0 Å². The molecule has 0 aliphatic heterocycles. The van der Waals surface area contributed by atoms with Crippen molar-refractivity contribution in [2.45, 2.75) is 6.61 Å². The van der Waals surface area contributed by atoms with Gasteiger partial charge >= 0.3 is 11.9 Å². The van der Waals surface area contributed by atoms with Crippen molar-refractivity contribution >= 4 is 33.8 Å². The van der Waals surface area contributed by atoms with E-state index in [1.807, 2.05) is 0 Å². The molecule has 130 valence electrons. The lowest BCUT2D eigenvalue weighted by Gasteiger charge is -2.08. The number of hydrogen-bond acceptors (Lipinski definition) is 5. The van der Waals surface area contributed by atoms with E-state index in [0.717, 1.165) is 4.47 Å². The van der Waals surface area contributed by atoms with E-state index in [2.05, 4.69) is 26.0 Å². The fourth-order valence-electron chi connectivity index (χ4n) is 1.98. The summed E-state index contributed by atoms with van der Waals surface area (Å²) >= 11 is 3.28. The van der Waals surface area contributed by atoms with E-state index in [1.54, 1.807) is 48.5 Å². The Bertz CT molecular complexity index is 773. The van der Waals surface area contributed by atoms with Gasteiger partial charge in [-0.3, -0.25) is 9.59 Å². The van der Waals surface area contributed by atoms with Gasteiger partial charge in [-0.1, -0.05) is 28.1 Å². The van der Waals surface area contributed by atoms with Gasteiger partial charge in [0.05, 0.1) is 12.7 Å². The van der Waals surface area contributed by atoms with Gasteiger partial charge in [0.2, 0.25) is 0 Å². The average Bonchev–Trinajstić information content (AvgIpc) is 2.64. The number of amides is 1. The van der Waals surface area contributed by atoms with E-state index in [4.69, 9.17) is 4.74 Å². The van der Waals surface area contributed by atoms with Crippen molar-refractivity contribution in [2.75, 3.05) is 13.7 Å². The molecule has 0 atom stereocenters. The minimum atomic E-state index is -0.575. The zero-order valence-corrected chi connectivity index (χ0v) is 15.0. The van der Waals surface area contributed by atoms with Crippen LogP contribution in [0.3, 0.4) is 0 Å². The van der Waals surface area contributed by atoms with Crippen molar-refractivity contribution in [3.8, 4) is 0 Å². The van der Waals surface area contributed by atoms with Crippen LogP contribution in [-0.2, 0) is 20.9 Å². The molecule has 1 amide bonds. The summed E-state index contributed by atoms with van der Waals surface area (Å²) in [4.78, 5) is 35.1. The average molecular weight is 406 g/mol. The van der Waals surface area contributed by atoms with Crippen LogP contribution in [0.2, 0.25) is 0 Å². The summed E-state index contributed by atoms with van der Waals surface area (Å²) in [6.45, 7) is -0.247. The predicted octanol–water partition coefficient (Wildman–Crippen LogP) is 2.71. The lowest BCUT2D eigenvalue weighted by molar-refractivity contribution is -0.143. The van der Waals surface area contributed by atoms with Crippen molar-refractivity contribution in [2.24, 2.45) is 0 Å². The number of rotatable bonds is 6. The van der Waals surface area contributed by atoms with Gasteiger partial charge in [-0.25, -0.2) is 4.79 Å². The van der Waals surface area contributed by atoms with Crippen LogP contribution in [0.5, 0.6) is 0 Å². The first-order valence-electron chi connectivity index (χ1n) is 7.36. The molecule has 6 nitrogen and oxygen atoms in total. The van der Waals surface area contributed by atoms with Crippen molar-refractivity contribution in [3.63, 3.8) is 0 Å². The maximum atomic E-state index is 11.9. The van der Waals surface area contributed by atoms with Gasteiger partial charge < -0.3 is 14.8 Å². The normalized spacial score (nSPS) is 10.0. The summed E-state index contributed by atoms with van der Waals surface area (Å²) in [7, 11) is 1.29. The maximum Gasteiger partial charge on any atom is 0.337 e. The third-order valence-corrected chi connectivity index (χ3v) is 3.78. The number of nitrogens with one attached hydrogen (secondary N) is 1. The van der Waals surface area contributed by atoms with Crippen LogP contribution in [0.1, 0.15) is 26.3 Å². The first-order chi connectivity index (χ1) is 12.0. The number of carbonyl (C=O) groups is 3. The van der Waals surface area contributed by atoms with Crippen LogP contribution in [0.15, 0.2) is 53.0 Å². The molecular weight excluding hydrogens is 390 g/mol. The van der Waals surface area contributed by atoms with E-state index in [1.165, 1.54) is 7.11 Å². The Morgan fingerprint density at radius 1 is 1.04 bits per heavy atom. The number of ether oxygens (including phenoxy) is 2. The number of carbonyl (C=O) groups excluding carboxylic acids is 3. The summed E-state index contributed by atoms with van der Waals surface area (Å²) in [6, 6.07) is 13.3. The molecule has 0 saturated heterocycles. The smallest absolute Gasteiger partial charge is 0.337 e. The Morgan fingerprint density at radius 2 is 1.76 bits per heavy atom. The van der Waals surface area contributed by atoms with E-state index in [-0.39, 0.29) is 19.1 Å². The molecule has 25 heavy (non-hydrogen) atoms. The van der Waals surface area contributed by atoms with Crippen molar-refractivity contribution in [3.05, 3.63) is 69.7 Å².